The van der Waals surface area contributed by atoms with Gasteiger partial charge in [-0.2, -0.15) is 5.10 Å². The van der Waals surface area contributed by atoms with Crippen LogP contribution in [-0.4, -0.2) is 38.4 Å². The molecule has 0 aliphatic carbocycles. The van der Waals surface area contributed by atoms with Crippen LogP contribution in [0.5, 0.6) is 11.5 Å². The molecule has 0 saturated carbocycles. The lowest BCUT2D eigenvalue weighted by Gasteiger charge is -2.15. The van der Waals surface area contributed by atoms with Crippen LogP contribution in [0.25, 0.3) is 0 Å². The molecule has 24 heavy (non-hydrogen) atoms. The van der Waals surface area contributed by atoms with Crippen molar-refractivity contribution in [3.63, 3.8) is 0 Å². The first kappa shape index (κ1) is 19.2. The van der Waals surface area contributed by atoms with E-state index in [9.17, 15) is 9.59 Å². The standard InChI is InChI=1S/C17H22N2O5/c1-5-7-14-8-13(10-18-19-12(3)20)9-15(22-4)17(14)24-11-16(21)23-6-2/h5,8-10H,1,6-7,11H2,2-4H3,(H,19,20)/b18-10-. The first-order valence-electron chi connectivity index (χ1n) is 7.41. The Balaban J connectivity index is 3.07. The number of allylic oxidation sites excluding steroid dienone is 1. The van der Waals surface area contributed by atoms with Crippen LogP contribution in [0, 0.1) is 0 Å². The minimum absolute atomic E-state index is 0.215. The summed E-state index contributed by atoms with van der Waals surface area (Å²) in [5.41, 5.74) is 3.81. The molecule has 0 saturated heterocycles. The number of nitrogens with one attached hydrogen (secondary N) is 1. The second kappa shape index (κ2) is 10.0. The van der Waals surface area contributed by atoms with Crippen molar-refractivity contribution in [2.45, 2.75) is 20.3 Å². The van der Waals surface area contributed by atoms with Crippen LogP contribution in [0.3, 0.4) is 0 Å². The predicted molar refractivity (Wildman–Crippen MR) is 90.4 cm³/mol. The number of rotatable bonds is 9. The Hall–Kier alpha value is -2.83. The monoisotopic (exact) mass is 334 g/mol. The Bertz CT molecular complexity index is 626. The van der Waals surface area contributed by atoms with Gasteiger partial charge in [0.25, 0.3) is 0 Å². The number of esters is 1. The molecule has 130 valence electrons. The molecule has 7 heteroatoms. The molecule has 0 aromatic heterocycles. The van der Waals surface area contributed by atoms with Gasteiger partial charge in [0.2, 0.25) is 5.91 Å². The molecule has 0 radical (unpaired) electrons. The molecular weight excluding hydrogens is 312 g/mol. The highest BCUT2D eigenvalue weighted by molar-refractivity contribution is 5.83. The van der Waals surface area contributed by atoms with Gasteiger partial charge in [-0.05, 0) is 31.0 Å². The fraction of sp³-hybridized carbons (Fsp3) is 0.353. The summed E-state index contributed by atoms with van der Waals surface area (Å²) >= 11 is 0. The van der Waals surface area contributed by atoms with Gasteiger partial charge in [0.05, 0.1) is 19.9 Å². The van der Waals surface area contributed by atoms with E-state index in [0.29, 0.717) is 23.5 Å². The molecule has 0 heterocycles. The van der Waals surface area contributed by atoms with Gasteiger partial charge in [-0.3, -0.25) is 4.79 Å². The zero-order chi connectivity index (χ0) is 17.9. The molecule has 0 spiro atoms. The molecule has 0 aliphatic rings. The topological polar surface area (TPSA) is 86.2 Å². The summed E-state index contributed by atoms with van der Waals surface area (Å²) in [4.78, 5) is 22.3. The lowest BCUT2D eigenvalue weighted by atomic mass is 10.1. The second-order valence-corrected chi connectivity index (χ2v) is 4.72. The Kier molecular flexibility index (Phi) is 8.04. The van der Waals surface area contributed by atoms with Crippen LogP contribution in [0.2, 0.25) is 0 Å². The number of carbonyl (C=O) groups excluding carboxylic acids is 2. The predicted octanol–water partition coefficient (Wildman–Crippen LogP) is 1.84. The first-order chi connectivity index (χ1) is 11.5. The van der Waals surface area contributed by atoms with Gasteiger partial charge in [0.1, 0.15) is 0 Å². The number of amides is 1. The maximum Gasteiger partial charge on any atom is 0.344 e. The van der Waals surface area contributed by atoms with Gasteiger partial charge in [-0.25, -0.2) is 10.2 Å². The minimum atomic E-state index is -0.458. The quantitative estimate of drug-likeness (QED) is 0.322. The van der Waals surface area contributed by atoms with Gasteiger partial charge >= 0.3 is 5.97 Å². The lowest BCUT2D eigenvalue weighted by Crippen LogP contribution is -2.16. The maximum absolute atomic E-state index is 11.5. The van der Waals surface area contributed by atoms with Crippen molar-refractivity contribution in [2.24, 2.45) is 5.10 Å². The highest BCUT2D eigenvalue weighted by Crippen LogP contribution is 2.33. The summed E-state index contributed by atoms with van der Waals surface area (Å²) in [6, 6.07) is 3.51. The summed E-state index contributed by atoms with van der Waals surface area (Å²) in [7, 11) is 1.50. The normalized spacial score (nSPS) is 10.3. The fourth-order valence-corrected chi connectivity index (χ4v) is 1.91. The Labute approximate surface area is 141 Å². The van der Waals surface area contributed by atoms with E-state index in [1.54, 1.807) is 19.1 Å². The number of benzene rings is 1. The van der Waals surface area contributed by atoms with Crippen molar-refractivity contribution < 1.29 is 23.8 Å². The number of carbonyl (C=O) groups is 2. The van der Waals surface area contributed by atoms with Crippen molar-refractivity contribution in [1.82, 2.24) is 5.43 Å². The zero-order valence-corrected chi connectivity index (χ0v) is 14.1. The Morgan fingerprint density at radius 3 is 2.71 bits per heavy atom. The molecule has 1 aromatic carbocycles. The molecule has 0 aliphatic heterocycles. The van der Waals surface area contributed by atoms with Crippen LogP contribution >= 0.6 is 0 Å². The van der Waals surface area contributed by atoms with E-state index in [1.165, 1.54) is 20.2 Å². The Morgan fingerprint density at radius 2 is 2.12 bits per heavy atom. The van der Waals surface area contributed by atoms with Gasteiger partial charge in [-0.15, -0.1) is 6.58 Å². The average Bonchev–Trinajstić information content (AvgIpc) is 2.53. The molecule has 0 fully saturated rings. The zero-order valence-electron chi connectivity index (χ0n) is 14.1. The number of ether oxygens (including phenoxy) is 3. The summed E-state index contributed by atoms with van der Waals surface area (Å²) < 4.78 is 15.7. The highest BCUT2D eigenvalue weighted by atomic mass is 16.6. The van der Waals surface area contributed by atoms with E-state index in [0.717, 1.165) is 5.56 Å². The minimum Gasteiger partial charge on any atom is -0.493 e. The van der Waals surface area contributed by atoms with E-state index >= 15 is 0 Å². The van der Waals surface area contributed by atoms with E-state index in [2.05, 4.69) is 17.1 Å². The average molecular weight is 334 g/mol. The molecule has 0 unspecified atom stereocenters. The third-order valence-corrected chi connectivity index (χ3v) is 2.81. The molecular formula is C17H22N2O5. The molecule has 0 atom stereocenters. The number of nitrogens with zero attached hydrogens (tertiary/aromatic N) is 1. The van der Waals surface area contributed by atoms with Crippen LogP contribution < -0.4 is 14.9 Å². The van der Waals surface area contributed by atoms with Crippen LogP contribution in [0.15, 0.2) is 29.9 Å². The third-order valence-electron chi connectivity index (χ3n) is 2.81. The number of methoxy groups -OCH3 is 1. The third kappa shape index (κ3) is 6.12. The van der Waals surface area contributed by atoms with E-state index < -0.39 is 5.97 Å². The SMILES string of the molecule is C=CCc1cc(/C=N\NC(C)=O)cc(OC)c1OCC(=O)OCC. The van der Waals surface area contributed by atoms with Crippen LogP contribution in [0.1, 0.15) is 25.0 Å². The summed E-state index contributed by atoms with van der Waals surface area (Å²) in [5.74, 6) is 0.171. The summed E-state index contributed by atoms with van der Waals surface area (Å²) in [5, 5.41) is 3.83. The summed E-state index contributed by atoms with van der Waals surface area (Å²) in [6.07, 6.45) is 3.71. The number of hydrazone groups is 1. The van der Waals surface area contributed by atoms with Gasteiger partial charge < -0.3 is 14.2 Å². The van der Waals surface area contributed by atoms with Crippen LogP contribution in [0.4, 0.5) is 0 Å². The van der Waals surface area contributed by atoms with Gasteiger partial charge in [0, 0.05) is 12.5 Å². The lowest BCUT2D eigenvalue weighted by molar-refractivity contribution is -0.145. The molecule has 1 aromatic rings. The van der Waals surface area contributed by atoms with Crippen molar-refractivity contribution in [3.8, 4) is 11.5 Å². The molecule has 1 rings (SSSR count). The molecule has 7 nitrogen and oxygen atoms in total. The first-order valence-corrected chi connectivity index (χ1v) is 7.41. The maximum atomic E-state index is 11.5. The number of hydrogen-bond acceptors (Lipinski definition) is 6. The Morgan fingerprint density at radius 1 is 1.38 bits per heavy atom. The van der Waals surface area contributed by atoms with Crippen molar-refractivity contribution in [2.75, 3.05) is 20.3 Å². The molecule has 1 N–H and O–H groups in total. The van der Waals surface area contributed by atoms with E-state index in [4.69, 9.17) is 14.2 Å². The van der Waals surface area contributed by atoms with Crippen molar-refractivity contribution >= 4 is 18.1 Å². The molecule has 1 amide bonds. The highest BCUT2D eigenvalue weighted by Gasteiger charge is 2.14. The van der Waals surface area contributed by atoms with Gasteiger partial charge in [-0.1, -0.05) is 6.08 Å². The second-order valence-electron chi connectivity index (χ2n) is 4.72. The van der Waals surface area contributed by atoms with E-state index in [-0.39, 0.29) is 19.1 Å². The van der Waals surface area contributed by atoms with Crippen LogP contribution in [-0.2, 0) is 20.7 Å². The smallest absolute Gasteiger partial charge is 0.344 e. The largest absolute Gasteiger partial charge is 0.493 e. The fourth-order valence-electron chi connectivity index (χ4n) is 1.91. The summed E-state index contributed by atoms with van der Waals surface area (Å²) in [6.45, 7) is 6.88. The van der Waals surface area contributed by atoms with Gasteiger partial charge in [0.15, 0.2) is 18.1 Å². The number of hydrogen-bond donors (Lipinski definition) is 1. The molecule has 0 bridgehead atoms. The van der Waals surface area contributed by atoms with E-state index in [1.807, 2.05) is 6.07 Å². The van der Waals surface area contributed by atoms with Crippen molar-refractivity contribution in [1.29, 1.82) is 0 Å². The van der Waals surface area contributed by atoms with Crippen molar-refractivity contribution in [3.05, 3.63) is 35.9 Å².